The maximum atomic E-state index is 11.8. The number of benzene rings is 1. The van der Waals surface area contributed by atoms with Crippen LogP contribution in [0.4, 0.5) is 16.3 Å². The van der Waals surface area contributed by atoms with Crippen LogP contribution in [0.2, 0.25) is 0 Å². The Bertz CT molecular complexity index is 930. The topological polar surface area (TPSA) is 109 Å². The van der Waals surface area contributed by atoms with Crippen molar-refractivity contribution in [1.29, 1.82) is 0 Å². The third-order valence-electron chi connectivity index (χ3n) is 5.66. The number of amides is 2. The molecule has 0 radical (unpaired) electrons. The summed E-state index contributed by atoms with van der Waals surface area (Å²) in [7, 11) is 0. The standard InChI is InChI=1S/C22H29N5O4/c1-3-23-21(29)24-16-6-4-15(5-7-16)19-25-18-17(14-31-22(18,2)8-11-28)20(26-19)27-9-12-30-13-10-27/h4-7,28H,3,8-14H2,1-2H3,(H2,23,24,29). The summed E-state index contributed by atoms with van der Waals surface area (Å²) in [6.07, 6.45) is 0.467. The Morgan fingerprint density at radius 1 is 1.23 bits per heavy atom. The third kappa shape index (κ3) is 4.48. The highest BCUT2D eigenvalue weighted by Crippen LogP contribution is 2.42. The molecule has 1 fully saturated rings. The van der Waals surface area contributed by atoms with E-state index in [4.69, 9.17) is 19.4 Å². The highest BCUT2D eigenvalue weighted by molar-refractivity contribution is 5.89. The van der Waals surface area contributed by atoms with Crippen LogP contribution < -0.4 is 15.5 Å². The van der Waals surface area contributed by atoms with E-state index in [0.717, 1.165) is 35.7 Å². The van der Waals surface area contributed by atoms with E-state index < -0.39 is 5.60 Å². The molecule has 1 unspecified atom stereocenters. The number of fused-ring (bicyclic) bond motifs is 1. The minimum absolute atomic E-state index is 0.0162. The summed E-state index contributed by atoms with van der Waals surface area (Å²) in [4.78, 5) is 23.7. The number of nitrogens with one attached hydrogen (secondary N) is 2. The molecule has 1 atom stereocenters. The third-order valence-corrected chi connectivity index (χ3v) is 5.66. The quantitative estimate of drug-likeness (QED) is 0.649. The lowest BCUT2D eigenvalue weighted by Crippen LogP contribution is -2.37. The maximum absolute atomic E-state index is 11.8. The van der Waals surface area contributed by atoms with Crippen LogP contribution in [0.3, 0.4) is 0 Å². The van der Waals surface area contributed by atoms with Gasteiger partial charge in [-0.25, -0.2) is 14.8 Å². The number of hydrogen-bond acceptors (Lipinski definition) is 7. The Morgan fingerprint density at radius 2 is 1.97 bits per heavy atom. The van der Waals surface area contributed by atoms with Crippen LogP contribution >= 0.6 is 0 Å². The predicted octanol–water partition coefficient (Wildman–Crippen LogP) is 2.25. The first kappa shape index (κ1) is 21.5. The molecule has 1 aromatic carbocycles. The van der Waals surface area contributed by atoms with Gasteiger partial charge in [0.1, 0.15) is 11.4 Å². The van der Waals surface area contributed by atoms with Gasteiger partial charge in [-0.05, 0) is 38.1 Å². The Labute approximate surface area is 181 Å². The van der Waals surface area contributed by atoms with E-state index in [1.165, 1.54) is 0 Å². The lowest BCUT2D eigenvalue weighted by molar-refractivity contribution is -0.0410. The average Bonchev–Trinajstić information content (AvgIpc) is 3.11. The van der Waals surface area contributed by atoms with Crippen molar-refractivity contribution in [1.82, 2.24) is 15.3 Å². The van der Waals surface area contributed by atoms with Crippen LogP contribution in [0.25, 0.3) is 11.4 Å². The fraction of sp³-hybridized carbons (Fsp3) is 0.500. The number of urea groups is 1. The van der Waals surface area contributed by atoms with Gasteiger partial charge in [-0.3, -0.25) is 0 Å². The van der Waals surface area contributed by atoms with Crippen molar-refractivity contribution in [3.8, 4) is 11.4 Å². The van der Waals surface area contributed by atoms with Crippen molar-refractivity contribution in [3.05, 3.63) is 35.5 Å². The van der Waals surface area contributed by atoms with Crippen molar-refractivity contribution in [2.75, 3.05) is 49.7 Å². The van der Waals surface area contributed by atoms with E-state index >= 15 is 0 Å². The zero-order chi connectivity index (χ0) is 21.8. The highest BCUT2D eigenvalue weighted by atomic mass is 16.5. The van der Waals surface area contributed by atoms with Gasteiger partial charge in [0.15, 0.2) is 5.82 Å². The Kier molecular flexibility index (Phi) is 6.35. The number of nitrogens with zero attached hydrogens (tertiary/aromatic N) is 3. The van der Waals surface area contributed by atoms with Gasteiger partial charge in [0.2, 0.25) is 0 Å². The highest BCUT2D eigenvalue weighted by Gasteiger charge is 2.40. The van der Waals surface area contributed by atoms with Crippen LogP contribution in [0.5, 0.6) is 0 Å². The number of rotatable bonds is 6. The fourth-order valence-corrected chi connectivity index (χ4v) is 3.95. The monoisotopic (exact) mass is 427 g/mol. The molecule has 1 aromatic heterocycles. The lowest BCUT2D eigenvalue weighted by atomic mass is 9.96. The second-order valence-electron chi connectivity index (χ2n) is 7.85. The number of ether oxygens (including phenoxy) is 2. The van der Waals surface area contributed by atoms with Gasteiger partial charge in [0.25, 0.3) is 0 Å². The molecule has 2 aromatic rings. The van der Waals surface area contributed by atoms with E-state index in [2.05, 4.69) is 15.5 Å². The van der Waals surface area contributed by atoms with E-state index in [9.17, 15) is 9.90 Å². The lowest BCUT2D eigenvalue weighted by Gasteiger charge is -2.30. The minimum Gasteiger partial charge on any atom is -0.396 e. The second-order valence-corrected chi connectivity index (χ2v) is 7.85. The molecule has 2 aliphatic heterocycles. The van der Waals surface area contributed by atoms with Crippen LogP contribution in [-0.2, 0) is 21.7 Å². The molecule has 9 nitrogen and oxygen atoms in total. The Hall–Kier alpha value is -2.75. The molecule has 0 spiro atoms. The van der Waals surface area contributed by atoms with Crippen molar-refractivity contribution in [2.45, 2.75) is 32.5 Å². The summed E-state index contributed by atoms with van der Waals surface area (Å²) in [5.41, 5.74) is 2.70. The molecular weight excluding hydrogens is 398 g/mol. The molecule has 0 bridgehead atoms. The van der Waals surface area contributed by atoms with Crippen LogP contribution in [0, 0.1) is 0 Å². The van der Waals surface area contributed by atoms with Gasteiger partial charge in [0.05, 0.1) is 25.5 Å². The van der Waals surface area contributed by atoms with Gasteiger partial charge in [-0.1, -0.05) is 0 Å². The van der Waals surface area contributed by atoms with Gasteiger partial charge >= 0.3 is 6.03 Å². The van der Waals surface area contributed by atoms with E-state index in [0.29, 0.717) is 44.3 Å². The average molecular weight is 428 g/mol. The summed E-state index contributed by atoms with van der Waals surface area (Å²) >= 11 is 0. The van der Waals surface area contributed by atoms with Crippen LogP contribution in [-0.4, -0.2) is 60.6 Å². The number of carbonyl (C=O) groups is 1. The first-order chi connectivity index (χ1) is 15.0. The number of aliphatic hydroxyl groups is 1. The molecule has 31 heavy (non-hydrogen) atoms. The number of aromatic nitrogens is 2. The molecule has 2 amide bonds. The first-order valence-corrected chi connectivity index (χ1v) is 10.7. The molecule has 0 saturated carbocycles. The molecule has 0 aliphatic carbocycles. The molecule has 9 heteroatoms. The molecule has 1 saturated heterocycles. The van der Waals surface area contributed by atoms with E-state index in [1.807, 2.05) is 38.1 Å². The minimum atomic E-state index is -0.650. The van der Waals surface area contributed by atoms with Crippen molar-refractivity contribution >= 4 is 17.5 Å². The number of aliphatic hydroxyl groups excluding tert-OH is 1. The zero-order valence-corrected chi connectivity index (χ0v) is 18.0. The summed E-state index contributed by atoms with van der Waals surface area (Å²) in [5, 5.41) is 15.1. The number of hydrogen-bond donors (Lipinski definition) is 3. The van der Waals surface area contributed by atoms with Crippen molar-refractivity contribution < 1.29 is 19.4 Å². The second kappa shape index (κ2) is 9.17. The molecular formula is C22H29N5O4. The van der Waals surface area contributed by atoms with Gasteiger partial charge in [-0.2, -0.15) is 0 Å². The normalized spacial score (nSPS) is 20.4. The molecule has 4 rings (SSSR count). The summed E-state index contributed by atoms with van der Waals surface area (Å²) in [6.45, 7) is 7.67. The molecule has 166 valence electrons. The number of morpholine rings is 1. The SMILES string of the molecule is CCNC(=O)Nc1ccc(-c2nc(N3CCOCC3)c3c(n2)C(C)(CCO)OC3)cc1. The molecule has 2 aliphatic rings. The van der Waals surface area contributed by atoms with Gasteiger partial charge < -0.3 is 30.1 Å². The fourth-order valence-electron chi connectivity index (χ4n) is 3.95. The number of carbonyl (C=O) groups excluding carboxylic acids is 1. The smallest absolute Gasteiger partial charge is 0.319 e. The number of anilines is 2. The largest absolute Gasteiger partial charge is 0.396 e. The summed E-state index contributed by atoms with van der Waals surface area (Å²) < 4.78 is 11.6. The Balaban J connectivity index is 1.70. The van der Waals surface area contributed by atoms with Crippen molar-refractivity contribution in [3.63, 3.8) is 0 Å². The summed E-state index contributed by atoms with van der Waals surface area (Å²) in [6, 6.07) is 7.21. The van der Waals surface area contributed by atoms with Gasteiger partial charge in [0, 0.05) is 49.5 Å². The molecule has 3 heterocycles. The zero-order valence-electron chi connectivity index (χ0n) is 18.0. The predicted molar refractivity (Wildman–Crippen MR) is 117 cm³/mol. The summed E-state index contributed by atoms with van der Waals surface area (Å²) in [5.74, 6) is 1.47. The van der Waals surface area contributed by atoms with E-state index in [1.54, 1.807) is 0 Å². The molecule has 3 N–H and O–H groups in total. The van der Waals surface area contributed by atoms with Crippen LogP contribution in [0.1, 0.15) is 31.5 Å². The Morgan fingerprint density at radius 3 is 2.65 bits per heavy atom. The van der Waals surface area contributed by atoms with E-state index in [-0.39, 0.29) is 12.6 Å². The van der Waals surface area contributed by atoms with Crippen molar-refractivity contribution in [2.24, 2.45) is 0 Å². The van der Waals surface area contributed by atoms with Crippen LogP contribution in [0.15, 0.2) is 24.3 Å². The first-order valence-electron chi connectivity index (χ1n) is 10.7. The maximum Gasteiger partial charge on any atom is 0.319 e. The van der Waals surface area contributed by atoms with Gasteiger partial charge in [-0.15, -0.1) is 0 Å².